The number of nitrogens with zero attached hydrogens (tertiary/aromatic N) is 1. The summed E-state index contributed by atoms with van der Waals surface area (Å²) in [5.41, 5.74) is 1.16. The van der Waals surface area contributed by atoms with Gasteiger partial charge in [0.25, 0.3) is 0 Å². The van der Waals surface area contributed by atoms with Gasteiger partial charge >= 0.3 is 5.97 Å². The molecular formula is C21H28N2O3S. The molecule has 1 aliphatic heterocycles. The molecule has 1 aromatic carbocycles. The van der Waals surface area contributed by atoms with E-state index in [-0.39, 0.29) is 12.1 Å². The van der Waals surface area contributed by atoms with Crippen molar-refractivity contribution in [3.8, 4) is 0 Å². The van der Waals surface area contributed by atoms with Crippen molar-refractivity contribution in [1.82, 2.24) is 4.90 Å². The second-order valence-electron chi connectivity index (χ2n) is 7.16. The zero-order chi connectivity index (χ0) is 19.1. The van der Waals surface area contributed by atoms with Gasteiger partial charge in [-0.1, -0.05) is 24.3 Å². The van der Waals surface area contributed by atoms with Gasteiger partial charge < -0.3 is 19.7 Å². The molecule has 0 aromatic heterocycles. The minimum absolute atomic E-state index is 0.222. The van der Waals surface area contributed by atoms with Gasteiger partial charge in [0, 0.05) is 19.7 Å². The van der Waals surface area contributed by atoms with E-state index in [9.17, 15) is 4.79 Å². The van der Waals surface area contributed by atoms with Crippen LogP contribution in [0.25, 0.3) is 0 Å². The Morgan fingerprint density at radius 1 is 1.30 bits per heavy atom. The molecule has 1 aromatic rings. The van der Waals surface area contributed by atoms with Gasteiger partial charge in [-0.25, -0.2) is 4.79 Å². The van der Waals surface area contributed by atoms with E-state index in [4.69, 9.17) is 21.7 Å². The standard InChI is InChI=1S/C21H28N2O3S/c1-25-20(24)18-11-5-6-12-19(18)22-21(27)23(15-17-10-7-13-26-17)14-16-8-3-2-4-9-16/h2-3,5-6,11-12,16-17H,4,7-10,13-15H2,1H3,(H,22,27)/t16-,17+/m1/s1. The van der Waals surface area contributed by atoms with Crippen molar-refractivity contribution in [3.05, 3.63) is 42.0 Å². The van der Waals surface area contributed by atoms with Gasteiger partial charge in [-0.05, 0) is 62.4 Å². The maximum atomic E-state index is 12.0. The molecule has 0 amide bonds. The maximum absolute atomic E-state index is 12.0. The zero-order valence-corrected chi connectivity index (χ0v) is 16.7. The number of esters is 1. The summed E-state index contributed by atoms with van der Waals surface area (Å²) in [6.45, 7) is 2.51. The van der Waals surface area contributed by atoms with Crippen molar-refractivity contribution < 1.29 is 14.3 Å². The van der Waals surface area contributed by atoms with Gasteiger partial charge in [0.15, 0.2) is 5.11 Å². The number of anilines is 1. The highest BCUT2D eigenvalue weighted by atomic mass is 32.1. The fraction of sp³-hybridized carbons (Fsp3) is 0.524. The molecule has 3 rings (SSSR count). The van der Waals surface area contributed by atoms with E-state index >= 15 is 0 Å². The van der Waals surface area contributed by atoms with Crippen LogP contribution in [0.1, 0.15) is 42.5 Å². The van der Waals surface area contributed by atoms with Gasteiger partial charge in [0.05, 0.1) is 24.5 Å². The lowest BCUT2D eigenvalue weighted by molar-refractivity contribution is 0.0602. The Morgan fingerprint density at radius 3 is 2.85 bits per heavy atom. The zero-order valence-electron chi connectivity index (χ0n) is 15.9. The third-order valence-electron chi connectivity index (χ3n) is 5.17. The van der Waals surface area contributed by atoms with Crippen molar-refractivity contribution in [2.45, 2.75) is 38.2 Å². The number of para-hydroxylation sites is 1. The quantitative estimate of drug-likeness (QED) is 0.451. The first-order valence-corrected chi connectivity index (χ1v) is 10.1. The summed E-state index contributed by atoms with van der Waals surface area (Å²) in [5.74, 6) is 0.219. The smallest absolute Gasteiger partial charge is 0.339 e. The van der Waals surface area contributed by atoms with E-state index in [2.05, 4.69) is 22.4 Å². The van der Waals surface area contributed by atoms with E-state index < -0.39 is 0 Å². The first-order valence-electron chi connectivity index (χ1n) is 9.67. The van der Waals surface area contributed by atoms with Crippen LogP contribution in [-0.2, 0) is 9.47 Å². The SMILES string of the molecule is COC(=O)c1ccccc1NC(=S)N(C[C@@H]1CC=CCC1)C[C@@H]1CCCO1. The number of rotatable bonds is 6. The minimum Gasteiger partial charge on any atom is -0.465 e. The summed E-state index contributed by atoms with van der Waals surface area (Å²) in [5, 5.41) is 3.91. The normalized spacial score (nSPS) is 21.7. The molecule has 0 spiro atoms. The van der Waals surface area contributed by atoms with Crippen LogP contribution in [0.15, 0.2) is 36.4 Å². The molecule has 1 N–H and O–H groups in total. The lowest BCUT2D eigenvalue weighted by atomic mass is 9.94. The summed E-state index contributed by atoms with van der Waals surface area (Å²) in [7, 11) is 1.39. The number of benzene rings is 1. The molecule has 1 saturated heterocycles. The van der Waals surface area contributed by atoms with E-state index in [0.29, 0.717) is 22.3 Å². The van der Waals surface area contributed by atoms with Crippen LogP contribution in [0, 0.1) is 5.92 Å². The summed E-state index contributed by atoms with van der Waals surface area (Å²) >= 11 is 5.73. The van der Waals surface area contributed by atoms with Crippen LogP contribution in [0.4, 0.5) is 5.69 Å². The Morgan fingerprint density at radius 2 is 2.15 bits per heavy atom. The van der Waals surface area contributed by atoms with Gasteiger partial charge in [0.1, 0.15) is 0 Å². The van der Waals surface area contributed by atoms with Gasteiger partial charge in [0.2, 0.25) is 0 Å². The Balaban J connectivity index is 1.71. The van der Waals surface area contributed by atoms with E-state index in [0.717, 1.165) is 45.4 Å². The number of hydrogen-bond donors (Lipinski definition) is 1. The maximum Gasteiger partial charge on any atom is 0.339 e. The summed E-state index contributed by atoms with van der Waals surface area (Å²) in [4.78, 5) is 14.2. The summed E-state index contributed by atoms with van der Waals surface area (Å²) < 4.78 is 10.7. The molecule has 0 unspecified atom stereocenters. The molecule has 27 heavy (non-hydrogen) atoms. The molecule has 0 radical (unpaired) electrons. The van der Waals surface area contributed by atoms with Crippen molar-refractivity contribution in [1.29, 1.82) is 0 Å². The third kappa shape index (κ3) is 5.53. The Labute approximate surface area is 166 Å². The van der Waals surface area contributed by atoms with Crippen LogP contribution >= 0.6 is 12.2 Å². The average Bonchev–Trinajstić information content (AvgIpc) is 3.21. The highest BCUT2D eigenvalue weighted by molar-refractivity contribution is 7.80. The number of ether oxygens (including phenoxy) is 2. The third-order valence-corrected chi connectivity index (χ3v) is 5.53. The second-order valence-corrected chi connectivity index (χ2v) is 7.54. The Kier molecular flexibility index (Phi) is 7.24. The van der Waals surface area contributed by atoms with Gasteiger partial charge in [-0.3, -0.25) is 0 Å². The molecular weight excluding hydrogens is 360 g/mol. The summed E-state index contributed by atoms with van der Waals surface area (Å²) in [6.07, 6.45) is 10.3. The van der Waals surface area contributed by atoms with Crippen molar-refractivity contribution in [3.63, 3.8) is 0 Å². The topological polar surface area (TPSA) is 50.8 Å². The van der Waals surface area contributed by atoms with Gasteiger partial charge in [-0.2, -0.15) is 0 Å². The van der Waals surface area contributed by atoms with Crippen molar-refractivity contribution in [2.75, 3.05) is 32.1 Å². The minimum atomic E-state index is -0.371. The van der Waals surface area contributed by atoms with E-state index in [1.54, 1.807) is 6.07 Å². The molecule has 5 nitrogen and oxygen atoms in total. The van der Waals surface area contributed by atoms with Crippen molar-refractivity contribution >= 4 is 29.0 Å². The van der Waals surface area contributed by atoms with Crippen LogP contribution in [0.3, 0.4) is 0 Å². The van der Waals surface area contributed by atoms with Crippen LogP contribution in [0.5, 0.6) is 0 Å². The van der Waals surface area contributed by atoms with E-state index in [1.165, 1.54) is 13.5 Å². The van der Waals surface area contributed by atoms with Crippen molar-refractivity contribution in [2.24, 2.45) is 5.92 Å². The van der Waals surface area contributed by atoms with Crippen LogP contribution in [-0.4, -0.2) is 48.9 Å². The first kappa shape index (κ1) is 19.8. The predicted octanol–water partition coefficient (Wildman–Crippen LogP) is 4.01. The number of carbonyl (C=O) groups is 1. The van der Waals surface area contributed by atoms with Crippen LogP contribution in [0.2, 0.25) is 0 Å². The second kappa shape index (κ2) is 9.85. The molecule has 6 heteroatoms. The highest BCUT2D eigenvalue weighted by Crippen LogP contribution is 2.23. The highest BCUT2D eigenvalue weighted by Gasteiger charge is 2.24. The fourth-order valence-electron chi connectivity index (χ4n) is 3.68. The Hall–Kier alpha value is -1.92. The molecule has 1 fully saturated rings. The first-order chi connectivity index (χ1) is 13.2. The molecule has 2 atom stereocenters. The van der Waals surface area contributed by atoms with E-state index in [1.807, 2.05) is 18.2 Å². The lowest BCUT2D eigenvalue weighted by Crippen LogP contribution is -2.43. The van der Waals surface area contributed by atoms with Gasteiger partial charge in [-0.15, -0.1) is 0 Å². The van der Waals surface area contributed by atoms with Crippen LogP contribution < -0.4 is 5.32 Å². The predicted molar refractivity (Wildman–Crippen MR) is 111 cm³/mol. The molecule has 1 aliphatic carbocycles. The number of nitrogens with one attached hydrogen (secondary N) is 1. The fourth-order valence-corrected chi connectivity index (χ4v) is 3.94. The number of methoxy groups -OCH3 is 1. The lowest BCUT2D eigenvalue weighted by Gasteiger charge is -2.32. The number of allylic oxidation sites excluding steroid dienone is 2. The average molecular weight is 389 g/mol. The number of carbonyl (C=O) groups excluding carboxylic acids is 1. The molecule has 1 heterocycles. The largest absolute Gasteiger partial charge is 0.465 e. The summed E-state index contributed by atoms with van der Waals surface area (Å²) in [6, 6.07) is 7.30. The molecule has 0 bridgehead atoms. The molecule has 2 aliphatic rings. The molecule has 146 valence electrons. The monoisotopic (exact) mass is 388 g/mol. The Bertz CT molecular complexity index is 686. The number of thiocarbonyl (C=S) groups is 1. The molecule has 0 saturated carbocycles. The number of hydrogen-bond acceptors (Lipinski definition) is 4.